The molecule has 0 unspecified atom stereocenters. The van der Waals surface area contributed by atoms with Crippen molar-refractivity contribution in [2.24, 2.45) is 5.73 Å². The molecule has 1 amide bonds. The van der Waals surface area contributed by atoms with E-state index in [1.54, 1.807) is 6.07 Å². The highest BCUT2D eigenvalue weighted by molar-refractivity contribution is 7.56. The summed E-state index contributed by atoms with van der Waals surface area (Å²) in [4.78, 5) is 11.3. The standard InChI is InChI=1S/C17H15N2O3P/c18-17(20)14-3-6-16-13(9-14)7-8-19(16)10-12-1-4-15(5-2-12)23-21-11-22-23/h1-9H,10-11H2,(H2,18,20). The highest BCUT2D eigenvalue weighted by Crippen LogP contribution is 2.45. The van der Waals surface area contributed by atoms with Gasteiger partial charge in [0.2, 0.25) is 14.3 Å². The largest absolute Gasteiger partial charge is 0.366 e. The number of nitrogens with two attached hydrogens (primary N) is 1. The van der Waals surface area contributed by atoms with Gasteiger partial charge in [-0.3, -0.25) is 4.79 Å². The highest BCUT2D eigenvalue weighted by atomic mass is 31.2. The Kier molecular flexibility index (Phi) is 3.62. The summed E-state index contributed by atoms with van der Waals surface area (Å²) in [6, 6.07) is 15.8. The van der Waals surface area contributed by atoms with E-state index in [1.165, 1.54) is 5.56 Å². The first-order valence-electron chi connectivity index (χ1n) is 7.24. The molecule has 0 saturated carbocycles. The van der Waals surface area contributed by atoms with Gasteiger partial charge < -0.3 is 19.3 Å². The number of benzene rings is 2. The number of carbonyl (C=O) groups excluding carboxylic acids is 1. The Morgan fingerprint density at radius 1 is 1.13 bits per heavy atom. The van der Waals surface area contributed by atoms with Crippen LogP contribution in [0.3, 0.4) is 0 Å². The number of rotatable bonds is 4. The van der Waals surface area contributed by atoms with Crippen LogP contribution in [-0.4, -0.2) is 17.3 Å². The second-order valence-electron chi connectivity index (χ2n) is 5.38. The van der Waals surface area contributed by atoms with Gasteiger partial charge in [-0.25, -0.2) is 0 Å². The van der Waals surface area contributed by atoms with Crippen LogP contribution in [0.15, 0.2) is 54.7 Å². The summed E-state index contributed by atoms with van der Waals surface area (Å²) in [6.45, 7) is 1.16. The molecule has 23 heavy (non-hydrogen) atoms. The zero-order valence-electron chi connectivity index (χ0n) is 12.3. The summed E-state index contributed by atoms with van der Waals surface area (Å²) in [6.07, 6.45) is 2.02. The number of amides is 1. The molecule has 0 aliphatic carbocycles. The van der Waals surface area contributed by atoms with Gasteiger partial charge in [0.25, 0.3) is 0 Å². The molecule has 2 aromatic carbocycles. The van der Waals surface area contributed by atoms with E-state index in [1.807, 2.05) is 24.4 Å². The van der Waals surface area contributed by atoms with Crippen molar-refractivity contribution in [2.75, 3.05) is 6.79 Å². The fourth-order valence-electron chi connectivity index (χ4n) is 2.67. The number of nitrogens with zero attached hydrogens (tertiary/aromatic N) is 1. The molecular weight excluding hydrogens is 311 g/mol. The Bertz CT molecular complexity index is 869. The second-order valence-corrected chi connectivity index (χ2v) is 6.93. The average Bonchev–Trinajstić information content (AvgIpc) is 2.90. The Morgan fingerprint density at radius 2 is 1.91 bits per heavy atom. The van der Waals surface area contributed by atoms with Crippen molar-refractivity contribution in [3.63, 3.8) is 0 Å². The van der Waals surface area contributed by atoms with Gasteiger partial charge >= 0.3 is 0 Å². The molecule has 1 saturated heterocycles. The third-order valence-corrected chi connectivity index (χ3v) is 5.30. The van der Waals surface area contributed by atoms with Crippen molar-refractivity contribution < 1.29 is 13.8 Å². The summed E-state index contributed by atoms with van der Waals surface area (Å²) in [7, 11) is -0.844. The third-order valence-electron chi connectivity index (χ3n) is 3.90. The minimum atomic E-state index is -0.844. The number of primary amides is 1. The predicted molar refractivity (Wildman–Crippen MR) is 89.6 cm³/mol. The number of aromatic nitrogens is 1. The second kappa shape index (κ2) is 5.78. The fraction of sp³-hybridized carbons (Fsp3) is 0.118. The monoisotopic (exact) mass is 326 g/mol. The van der Waals surface area contributed by atoms with E-state index in [2.05, 4.69) is 28.8 Å². The predicted octanol–water partition coefficient (Wildman–Crippen LogP) is 2.73. The topological polar surface area (TPSA) is 66.5 Å². The molecule has 6 heteroatoms. The number of carbonyl (C=O) groups is 1. The lowest BCUT2D eigenvalue weighted by atomic mass is 10.1. The molecule has 2 heterocycles. The summed E-state index contributed by atoms with van der Waals surface area (Å²) >= 11 is 0. The maximum absolute atomic E-state index is 11.3. The van der Waals surface area contributed by atoms with Gasteiger partial charge in [-0.1, -0.05) is 12.1 Å². The van der Waals surface area contributed by atoms with Crippen LogP contribution in [0.4, 0.5) is 0 Å². The minimum Gasteiger partial charge on any atom is -0.366 e. The van der Waals surface area contributed by atoms with E-state index in [4.69, 9.17) is 14.8 Å². The van der Waals surface area contributed by atoms with E-state index < -0.39 is 14.3 Å². The van der Waals surface area contributed by atoms with Crippen LogP contribution in [0.1, 0.15) is 15.9 Å². The van der Waals surface area contributed by atoms with Crippen molar-refractivity contribution in [1.29, 1.82) is 0 Å². The molecule has 0 radical (unpaired) electrons. The molecule has 1 aliphatic heterocycles. The lowest BCUT2D eigenvalue weighted by Crippen LogP contribution is -2.15. The maximum Gasteiger partial charge on any atom is 0.248 e. The molecule has 5 nitrogen and oxygen atoms in total. The SMILES string of the molecule is NC(=O)c1ccc2c(ccn2Cc2ccc(P3OCO3)cc2)c1. The smallest absolute Gasteiger partial charge is 0.248 e. The van der Waals surface area contributed by atoms with Crippen LogP contribution in [-0.2, 0) is 15.6 Å². The van der Waals surface area contributed by atoms with E-state index >= 15 is 0 Å². The van der Waals surface area contributed by atoms with Crippen LogP contribution >= 0.6 is 8.38 Å². The number of hydrogen-bond donors (Lipinski definition) is 1. The van der Waals surface area contributed by atoms with Gasteiger partial charge in [0.15, 0.2) is 6.79 Å². The minimum absolute atomic E-state index is 0.399. The molecule has 1 aromatic heterocycles. The normalized spacial score (nSPS) is 14.8. The lowest BCUT2D eigenvalue weighted by molar-refractivity contribution is 0.0446. The number of hydrogen-bond acceptors (Lipinski definition) is 3. The molecule has 1 aliphatic rings. The van der Waals surface area contributed by atoms with Crippen LogP contribution in [0.25, 0.3) is 10.9 Å². The van der Waals surface area contributed by atoms with Crippen molar-refractivity contribution in [3.05, 3.63) is 65.9 Å². The van der Waals surface area contributed by atoms with E-state index in [-0.39, 0.29) is 0 Å². The van der Waals surface area contributed by atoms with Crippen LogP contribution in [0.5, 0.6) is 0 Å². The van der Waals surface area contributed by atoms with E-state index in [0.717, 1.165) is 22.8 Å². The maximum atomic E-state index is 11.3. The van der Waals surface area contributed by atoms with Crippen molar-refractivity contribution in [1.82, 2.24) is 4.57 Å². The van der Waals surface area contributed by atoms with Crippen molar-refractivity contribution in [3.8, 4) is 0 Å². The van der Waals surface area contributed by atoms with Crippen molar-refractivity contribution in [2.45, 2.75) is 6.54 Å². The van der Waals surface area contributed by atoms with Crippen LogP contribution in [0.2, 0.25) is 0 Å². The Hall–Kier alpha value is -2.20. The van der Waals surface area contributed by atoms with Gasteiger partial charge in [0.1, 0.15) is 0 Å². The van der Waals surface area contributed by atoms with Crippen LogP contribution < -0.4 is 11.0 Å². The Morgan fingerprint density at radius 3 is 2.57 bits per heavy atom. The van der Waals surface area contributed by atoms with Gasteiger partial charge in [0, 0.05) is 34.5 Å². The molecule has 2 N–H and O–H groups in total. The number of fused-ring (bicyclic) bond motifs is 1. The van der Waals surface area contributed by atoms with Gasteiger partial charge in [-0.05, 0) is 42.0 Å². The van der Waals surface area contributed by atoms with Crippen LogP contribution in [0, 0.1) is 0 Å². The summed E-state index contributed by atoms with van der Waals surface area (Å²) in [5, 5.41) is 2.11. The first-order chi connectivity index (χ1) is 11.2. The fourth-order valence-corrected chi connectivity index (χ4v) is 3.57. The third kappa shape index (κ3) is 2.75. The molecule has 0 spiro atoms. The van der Waals surface area contributed by atoms with E-state index in [0.29, 0.717) is 12.4 Å². The van der Waals surface area contributed by atoms with Gasteiger partial charge in [-0.15, -0.1) is 0 Å². The molecule has 0 bridgehead atoms. The summed E-state index contributed by atoms with van der Waals surface area (Å²) in [5.74, 6) is -0.405. The van der Waals surface area contributed by atoms with Crippen molar-refractivity contribution >= 4 is 30.5 Å². The molecule has 0 atom stereocenters. The van der Waals surface area contributed by atoms with E-state index in [9.17, 15) is 4.79 Å². The molecule has 4 rings (SSSR count). The Balaban J connectivity index is 1.58. The molecule has 3 aromatic rings. The van der Waals surface area contributed by atoms with Gasteiger partial charge in [0.05, 0.1) is 0 Å². The zero-order valence-corrected chi connectivity index (χ0v) is 13.2. The molecule has 116 valence electrons. The average molecular weight is 326 g/mol. The summed E-state index contributed by atoms with van der Waals surface area (Å²) < 4.78 is 12.9. The molecule has 1 fully saturated rings. The first kappa shape index (κ1) is 14.4. The Labute approximate surface area is 134 Å². The summed E-state index contributed by atoms with van der Waals surface area (Å²) in [5.41, 5.74) is 8.13. The van der Waals surface area contributed by atoms with Gasteiger partial charge in [-0.2, -0.15) is 0 Å². The first-order valence-corrected chi connectivity index (χ1v) is 8.42. The quantitative estimate of drug-likeness (QED) is 0.750. The zero-order chi connectivity index (χ0) is 15.8. The molecular formula is C17H15N2O3P. The highest BCUT2D eigenvalue weighted by Gasteiger charge is 2.22. The lowest BCUT2D eigenvalue weighted by Gasteiger charge is -2.25.